The number of benzene rings is 1. The van der Waals surface area contributed by atoms with Gasteiger partial charge in [-0.2, -0.15) is 13.2 Å². The molecule has 0 bridgehead atoms. The van der Waals surface area contributed by atoms with Crippen LogP contribution in [0.1, 0.15) is 11.5 Å². The second-order valence-electron chi connectivity index (χ2n) is 2.88. The summed E-state index contributed by atoms with van der Waals surface area (Å²) in [5.74, 6) is -2.28. The van der Waals surface area contributed by atoms with Crippen LogP contribution in [0, 0.1) is 5.82 Å². The molecule has 5 heteroatoms. The molecule has 1 unspecified atom stereocenters. The maximum absolute atomic E-state index is 12.4. The van der Waals surface area contributed by atoms with E-state index in [0.717, 1.165) is 24.3 Å². The molecule has 0 aliphatic carbocycles. The molecule has 0 aliphatic rings. The minimum Gasteiger partial charge on any atom is -0.330 e. The van der Waals surface area contributed by atoms with Gasteiger partial charge in [-0.15, -0.1) is 0 Å². The summed E-state index contributed by atoms with van der Waals surface area (Å²) in [6.07, 6.45) is -4.38. The van der Waals surface area contributed by atoms with E-state index in [2.05, 4.69) is 0 Å². The van der Waals surface area contributed by atoms with E-state index in [9.17, 15) is 17.6 Å². The first-order valence-corrected chi connectivity index (χ1v) is 3.97. The summed E-state index contributed by atoms with van der Waals surface area (Å²) in [5.41, 5.74) is 5.00. The zero-order valence-electron chi connectivity index (χ0n) is 7.18. The second-order valence-corrected chi connectivity index (χ2v) is 2.88. The topological polar surface area (TPSA) is 26.0 Å². The van der Waals surface area contributed by atoms with E-state index in [1.165, 1.54) is 0 Å². The van der Waals surface area contributed by atoms with Crippen molar-refractivity contribution in [2.24, 2.45) is 5.73 Å². The van der Waals surface area contributed by atoms with Crippen LogP contribution in [0.3, 0.4) is 0 Å². The highest BCUT2D eigenvalue weighted by molar-refractivity contribution is 5.22. The number of nitrogens with two attached hydrogens (primary N) is 1. The molecule has 0 saturated heterocycles. The Morgan fingerprint density at radius 3 is 2.00 bits per heavy atom. The maximum Gasteiger partial charge on any atom is 0.396 e. The fourth-order valence-electron chi connectivity index (χ4n) is 1.15. The van der Waals surface area contributed by atoms with Gasteiger partial charge in [0.2, 0.25) is 0 Å². The van der Waals surface area contributed by atoms with Crippen LogP contribution in [0.5, 0.6) is 0 Å². The molecule has 14 heavy (non-hydrogen) atoms. The molecule has 78 valence electrons. The Balaban J connectivity index is 2.96. The molecule has 0 spiro atoms. The summed E-state index contributed by atoms with van der Waals surface area (Å²) < 4.78 is 49.4. The van der Waals surface area contributed by atoms with Gasteiger partial charge in [-0.1, -0.05) is 12.1 Å². The van der Waals surface area contributed by atoms with Crippen molar-refractivity contribution in [3.8, 4) is 0 Å². The van der Waals surface area contributed by atoms with Gasteiger partial charge in [0, 0.05) is 6.54 Å². The molecule has 0 fully saturated rings. The zero-order chi connectivity index (χ0) is 10.8. The Labute approximate surface area is 78.5 Å². The average Bonchev–Trinajstić information content (AvgIpc) is 2.07. The van der Waals surface area contributed by atoms with E-state index >= 15 is 0 Å². The van der Waals surface area contributed by atoms with Gasteiger partial charge in [-0.3, -0.25) is 0 Å². The quantitative estimate of drug-likeness (QED) is 0.740. The molecule has 0 heterocycles. The molecular weight excluding hydrogens is 198 g/mol. The second kappa shape index (κ2) is 3.96. The van der Waals surface area contributed by atoms with Crippen molar-refractivity contribution in [3.63, 3.8) is 0 Å². The van der Waals surface area contributed by atoms with Gasteiger partial charge in [0.1, 0.15) is 5.82 Å². The van der Waals surface area contributed by atoms with Gasteiger partial charge in [0.05, 0.1) is 5.92 Å². The van der Waals surface area contributed by atoms with Crippen LogP contribution >= 0.6 is 0 Å². The first-order chi connectivity index (χ1) is 6.45. The molecule has 1 rings (SSSR count). The third-order valence-corrected chi connectivity index (χ3v) is 1.90. The van der Waals surface area contributed by atoms with Gasteiger partial charge >= 0.3 is 6.18 Å². The Morgan fingerprint density at radius 1 is 1.14 bits per heavy atom. The standard InChI is InChI=1S/C9H9F4N/c10-7-3-1-6(2-4-7)8(5-14)9(11,12)13/h1-4,8H,5,14H2. The normalized spacial score (nSPS) is 14.1. The predicted molar refractivity (Wildman–Crippen MR) is 44.3 cm³/mol. The van der Waals surface area contributed by atoms with E-state index in [-0.39, 0.29) is 5.56 Å². The lowest BCUT2D eigenvalue weighted by Gasteiger charge is -2.18. The minimum atomic E-state index is -4.38. The Bertz CT molecular complexity index is 291. The first kappa shape index (κ1) is 11.0. The van der Waals surface area contributed by atoms with Crippen LogP contribution in [0.25, 0.3) is 0 Å². The van der Waals surface area contributed by atoms with Gasteiger partial charge in [0.15, 0.2) is 0 Å². The Morgan fingerprint density at radius 2 is 1.64 bits per heavy atom. The summed E-state index contributed by atoms with van der Waals surface area (Å²) in [6.45, 7) is -0.533. The van der Waals surface area contributed by atoms with E-state index in [4.69, 9.17) is 5.73 Å². The highest BCUT2D eigenvalue weighted by Crippen LogP contribution is 2.33. The van der Waals surface area contributed by atoms with Crippen molar-refractivity contribution in [2.75, 3.05) is 6.54 Å². The van der Waals surface area contributed by atoms with Crippen molar-refractivity contribution in [1.82, 2.24) is 0 Å². The van der Waals surface area contributed by atoms with Crippen molar-refractivity contribution in [1.29, 1.82) is 0 Å². The molecule has 1 atom stereocenters. The fraction of sp³-hybridized carbons (Fsp3) is 0.333. The summed E-state index contributed by atoms with van der Waals surface area (Å²) in [4.78, 5) is 0. The smallest absolute Gasteiger partial charge is 0.330 e. The van der Waals surface area contributed by atoms with Crippen LogP contribution in [-0.2, 0) is 0 Å². The molecule has 1 aromatic rings. The van der Waals surface area contributed by atoms with Gasteiger partial charge in [0.25, 0.3) is 0 Å². The van der Waals surface area contributed by atoms with Gasteiger partial charge in [-0.25, -0.2) is 4.39 Å². The molecule has 0 aromatic heterocycles. The minimum absolute atomic E-state index is 0.0126. The van der Waals surface area contributed by atoms with E-state index in [1.54, 1.807) is 0 Å². The number of hydrogen-bond donors (Lipinski definition) is 1. The highest BCUT2D eigenvalue weighted by Gasteiger charge is 2.39. The largest absolute Gasteiger partial charge is 0.396 e. The third kappa shape index (κ3) is 2.45. The van der Waals surface area contributed by atoms with E-state index < -0.39 is 24.5 Å². The fourth-order valence-corrected chi connectivity index (χ4v) is 1.15. The molecule has 1 aromatic carbocycles. The van der Waals surface area contributed by atoms with Crippen LogP contribution in [0.15, 0.2) is 24.3 Å². The highest BCUT2D eigenvalue weighted by atomic mass is 19.4. The predicted octanol–water partition coefficient (Wildman–Crippen LogP) is 2.43. The molecule has 0 aliphatic heterocycles. The number of hydrogen-bond acceptors (Lipinski definition) is 1. The van der Waals surface area contributed by atoms with E-state index in [0.29, 0.717) is 0 Å². The molecule has 0 radical (unpaired) electrons. The van der Waals surface area contributed by atoms with Crippen LogP contribution < -0.4 is 5.73 Å². The number of halogens is 4. The van der Waals surface area contributed by atoms with Gasteiger partial charge < -0.3 is 5.73 Å². The summed E-state index contributed by atoms with van der Waals surface area (Å²) in [6, 6.07) is 4.17. The molecule has 1 nitrogen and oxygen atoms in total. The van der Waals surface area contributed by atoms with Crippen molar-refractivity contribution >= 4 is 0 Å². The Kier molecular flexibility index (Phi) is 3.10. The summed E-state index contributed by atoms with van der Waals surface area (Å²) in [5, 5.41) is 0. The average molecular weight is 207 g/mol. The van der Waals surface area contributed by atoms with E-state index in [1.807, 2.05) is 0 Å². The third-order valence-electron chi connectivity index (χ3n) is 1.90. The first-order valence-electron chi connectivity index (χ1n) is 3.97. The number of alkyl halides is 3. The summed E-state index contributed by atoms with van der Waals surface area (Å²) >= 11 is 0. The number of rotatable bonds is 2. The zero-order valence-corrected chi connectivity index (χ0v) is 7.18. The van der Waals surface area contributed by atoms with Gasteiger partial charge in [-0.05, 0) is 17.7 Å². The Hall–Kier alpha value is -1.10. The molecular formula is C9H9F4N. The van der Waals surface area contributed by atoms with Crippen LogP contribution in [0.2, 0.25) is 0 Å². The monoisotopic (exact) mass is 207 g/mol. The van der Waals surface area contributed by atoms with Crippen LogP contribution in [-0.4, -0.2) is 12.7 Å². The van der Waals surface area contributed by atoms with Crippen molar-refractivity contribution < 1.29 is 17.6 Å². The van der Waals surface area contributed by atoms with Crippen molar-refractivity contribution in [3.05, 3.63) is 35.6 Å². The lowest BCUT2D eigenvalue weighted by atomic mass is 9.99. The lowest BCUT2D eigenvalue weighted by molar-refractivity contribution is -0.148. The van der Waals surface area contributed by atoms with Crippen molar-refractivity contribution in [2.45, 2.75) is 12.1 Å². The molecule has 0 saturated carbocycles. The van der Waals surface area contributed by atoms with Crippen LogP contribution in [0.4, 0.5) is 17.6 Å². The lowest BCUT2D eigenvalue weighted by Crippen LogP contribution is -2.27. The summed E-state index contributed by atoms with van der Waals surface area (Å²) in [7, 11) is 0. The molecule has 0 amide bonds. The molecule has 2 N–H and O–H groups in total. The SMILES string of the molecule is NCC(c1ccc(F)cc1)C(F)(F)F. The maximum atomic E-state index is 12.4.